The first-order valence-corrected chi connectivity index (χ1v) is 8.56. The Morgan fingerprint density at radius 2 is 1.62 bits per heavy atom. The largest absolute Gasteiger partial charge is 0.573 e. The maximum absolute atomic E-state index is 12.3. The molecule has 4 aromatic rings. The van der Waals surface area contributed by atoms with Gasteiger partial charge in [-0.1, -0.05) is 6.07 Å². The van der Waals surface area contributed by atoms with E-state index in [-0.39, 0.29) is 5.75 Å². The third-order valence-electron chi connectivity index (χ3n) is 4.10. The molecule has 0 unspecified atom stereocenters. The second-order valence-corrected chi connectivity index (χ2v) is 6.19. The zero-order chi connectivity index (χ0) is 20.4. The number of nitrogens with one attached hydrogen (secondary N) is 1. The van der Waals surface area contributed by atoms with Gasteiger partial charge in [0.2, 0.25) is 0 Å². The maximum Gasteiger partial charge on any atom is 0.573 e. The molecule has 0 saturated heterocycles. The molecule has 0 bridgehead atoms. The predicted molar refractivity (Wildman–Crippen MR) is 99.7 cm³/mol. The number of ether oxygens (including phenoxy) is 1. The molecule has 4 rings (SSSR count). The fourth-order valence-corrected chi connectivity index (χ4v) is 2.85. The first-order chi connectivity index (χ1) is 13.9. The molecule has 0 spiro atoms. The Labute approximate surface area is 163 Å². The van der Waals surface area contributed by atoms with Crippen molar-refractivity contribution in [2.75, 3.05) is 0 Å². The van der Waals surface area contributed by atoms with Crippen LogP contribution in [-0.4, -0.2) is 31.7 Å². The van der Waals surface area contributed by atoms with Crippen molar-refractivity contribution < 1.29 is 17.9 Å². The molecule has 1 aromatic carbocycles. The summed E-state index contributed by atoms with van der Waals surface area (Å²) in [4.78, 5) is 8.78. The fourth-order valence-electron chi connectivity index (χ4n) is 2.85. The number of halogens is 3. The number of benzene rings is 1. The summed E-state index contributed by atoms with van der Waals surface area (Å²) in [5.41, 5.74) is 4.70. The number of pyridine rings is 2. The minimum Gasteiger partial charge on any atom is -0.406 e. The standard InChI is InChI=1S/C20H14F3N5O/c1-12-3-2-4-16(25-12)19-18(26-28-27-19)14-9-10-24-17(11-14)13-5-7-15(8-6-13)29-20(21,22)23/h2-11H,1H3,(H,26,27,28). The van der Waals surface area contributed by atoms with Gasteiger partial charge in [-0.15, -0.1) is 13.2 Å². The van der Waals surface area contributed by atoms with E-state index >= 15 is 0 Å². The fraction of sp³-hybridized carbons (Fsp3) is 0.100. The van der Waals surface area contributed by atoms with E-state index in [0.29, 0.717) is 28.3 Å². The first kappa shape index (κ1) is 18.6. The Balaban J connectivity index is 1.66. The molecular formula is C20H14F3N5O. The van der Waals surface area contributed by atoms with Crippen LogP contribution in [0.5, 0.6) is 5.75 Å². The zero-order valence-corrected chi connectivity index (χ0v) is 15.1. The summed E-state index contributed by atoms with van der Waals surface area (Å²) in [7, 11) is 0. The van der Waals surface area contributed by atoms with Gasteiger partial charge in [0, 0.05) is 23.0 Å². The highest BCUT2D eigenvalue weighted by atomic mass is 19.4. The molecule has 0 radical (unpaired) electrons. The van der Waals surface area contributed by atoms with Gasteiger partial charge < -0.3 is 4.74 Å². The molecule has 0 atom stereocenters. The maximum atomic E-state index is 12.3. The molecule has 0 saturated carbocycles. The van der Waals surface area contributed by atoms with Crippen LogP contribution < -0.4 is 4.74 Å². The van der Waals surface area contributed by atoms with Crippen molar-refractivity contribution in [3.05, 3.63) is 66.5 Å². The number of rotatable bonds is 4. The van der Waals surface area contributed by atoms with Crippen molar-refractivity contribution >= 4 is 0 Å². The van der Waals surface area contributed by atoms with Gasteiger partial charge in [-0.25, -0.2) is 0 Å². The van der Waals surface area contributed by atoms with E-state index in [1.165, 1.54) is 24.3 Å². The van der Waals surface area contributed by atoms with Crippen LogP contribution in [0.4, 0.5) is 13.2 Å². The molecule has 3 heterocycles. The molecular weight excluding hydrogens is 383 g/mol. The average Bonchev–Trinajstić information content (AvgIpc) is 3.17. The summed E-state index contributed by atoms with van der Waals surface area (Å²) in [5, 5.41) is 11.1. The molecule has 9 heteroatoms. The first-order valence-electron chi connectivity index (χ1n) is 8.56. The summed E-state index contributed by atoms with van der Waals surface area (Å²) < 4.78 is 40.9. The zero-order valence-electron chi connectivity index (χ0n) is 15.1. The molecule has 6 nitrogen and oxygen atoms in total. The molecule has 0 amide bonds. The highest BCUT2D eigenvalue weighted by molar-refractivity contribution is 5.78. The highest BCUT2D eigenvalue weighted by Gasteiger charge is 2.31. The van der Waals surface area contributed by atoms with Gasteiger partial charge in [0.05, 0.1) is 11.4 Å². The van der Waals surface area contributed by atoms with E-state index in [9.17, 15) is 13.2 Å². The third-order valence-corrected chi connectivity index (χ3v) is 4.10. The molecule has 3 aromatic heterocycles. The average molecular weight is 397 g/mol. The van der Waals surface area contributed by atoms with Crippen LogP contribution in [-0.2, 0) is 0 Å². The lowest BCUT2D eigenvalue weighted by atomic mass is 10.1. The lowest BCUT2D eigenvalue weighted by Crippen LogP contribution is -2.16. The molecule has 0 fully saturated rings. The molecule has 146 valence electrons. The molecule has 29 heavy (non-hydrogen) atoms. The lowest BCUT2D eigenvalue weighted by molar-refractivity contribution is -0.274. The van der Waals surface area contributed by atoms with E-state index in [1.807, 2.05) is 25.1 Å². The van der Waals surface area contributed by atoms with Crippen LogP contribution in [0, 0.1) is 6.92 Å². The van der Waals surface area contributed by atoms with E-state index in [1.54, 1.807) is 18.3 Å². The Bertz CT molecular complexity index is 1140. The third kappa shape index (κ3) is 4.23. The van der Waals surface area contributed by atoms with Crippen molar-refractivity contribution in [3.8, 4) is 39.7 Å². The minimum atomic E-state index is -4.73. The second kappa shape index (κ2) is 7.34. The topological polar surface area (TPSA) is 76.6 Å². The predicted octanol–water partition coefficient (Wildman–Crippen LogP) is 4.80. The number of hydrogen-bond donors (Lipinski definition) is 1. The van der Waals surface area contributed by atoms with Crippen LogP contribution in [0.15, 0.2) is 60.8 Å². The molecule has 0 aliphatic heterocycles. The summed E-state index contributed by atoms with van der Waals surface area (Å²) >= 11 is 0. The van der Waals surface area contributed by atoms with Gasteiger partial charge in [-0.05, 0) is 55.5 Å². The van der Waals surface area contributed by atoms with Crippen molar-refractivity contribution in [2.24, 2.45) is 0 Å². The highest BCUT2D eigenvalue weighted by Crippen LogP contribution is 2.30. The number of nitrogens with zero attached hydrogens (tertiary/aromatic N) is 4. The Morgan fingerprint density at radius 3 is 2.34 bits per heavy atom. The number of hydrogen-bond acceptors (Lipinski definition) is 5. The second-order valence-electron chi connectivity index (χ2n) is 6.19. The molecule has 0 aliphatic rings. The summed E-state index contributed by atoms with van der Waals surface area (Å²) in [5.74, 6) is -0.290. The van der Waals surface area contributed by atoms with Crippen LogP contribution in [0.1, 0.15) is 5.69 Å². The van der Waals surface area contributed by atoms with Gasteiger partial charge in [-0.3, -0.25) is 9.97 Å². The van der Waals surface area contributed by atoms with Crippen molar-refractivity contribution in [1.29, 1.82) is 0 Å². The monoisotopic (exact) mass is 397 g/mol. The number of alkyl halides is 3. The number of aromatic amines is 1. The van der Waals surface area contributed by atoms with Gasteiger partial charge in [0.1, 0.15) is 17.1 Å². The summed E-state index contributed by atoms with van der Waals surface area (Å²) in [6.45, 7) is 1.89. The molecule has 1 N–H and O–H groups in total. The van der Waals surface area contributed by atoms with Crippen LogP contribution >= 0.6 is 0 Å². The smallest absolute Gasteiger partial charge is 0.406 e. The number of aromatic nitrogens is 5. The quantitative estimate of drug-likeness (QED) is 0.535. The van der Waals surface area contributed by atoms with Gasteiger partial charge in [-0.2, -0.15) is 15.4 Å². The summed E-state index contributed by atoms with van der Waals surface area (Å²) in [6, 6.07) is 14.7. The Kier molecular flexibility index (Phi) is 4.71. The van der Waals surface area contributed by atoms with Crippen molar-refractivity contribution in [3.63, 3.8) is 0 Å². The van der Waals surface area contributed by atoms with E-state index in [4.69, 9.17) is 0 Å². The normalized spacial score (nSPS) is 11.4. The number of aryl methyl sites for hydroxylation is 1. The van der Waals surface area contributed by atoms with Crippen molar-refractivity contribution in [2.45, 2.75) is 13.3 Å². The lowest BCUT2D eigenvalue weighted by Gasteiger charge is -2.09. The van der Waals surface area contributed by atoms with Crippen LogP contribution in [0.25, 0.3) is 33.9 Å². The van der Waals surface area contributed by atoms with E-state index < -0.39 is 6.36 Å². The molecule has 0 aliphatic carbocycles. The van der Waals surface area contributed by atoms with E-state index in [0.717, 1.165) is 11.3 Å². The SMILES string of the molecule is Cc1cccc(-c2n[nH]nc2-c2ccnc(-c3ccc(OC(F)(F)F)cc3)c2)n1. The number of H-pyrrole nitrogens is 1. The van der Waals surface area contributed by atoms with Gasteiger partial charge in [0.15, 0.2) is 0 Å². The minimum absolute atomic E-state index is 0.290. The van der Waals surface area contributed by atoms with Crippen LogP contribution in [0.2, 0.25) is 0 Å². The summed E-state index contributed by atoms with van der Waals surface area (Å²) in [6.07, 6.45) is -3.13. The van der Waals surface area contributed by atoms with E-state index in [2.05, 4.69) is 30.1 Å². The van der Waals surface area contributed by atoms with Gasteiger partial charge >= 0.3 is 6.36 Å². The van der Waals surface area contributed by atoms with Crippen molar-refractivity contribution in [1.82, 2.24) is 25.4 Å². The van der Waals surface area contributed by atoms with Gasteiger partial charge in [0.25, 0.3) is 0 Å². The Morgan fingerprint density at radius 1 is 0.862 bits per heavy atom. The van der Waals surface area contributed by atoms with Crippen LogP contribution in [0.3, 0.4) is 0 Å². The Hall–Kier alpha value is -3.75.